The highest BCUT2D eigenvalue weighted by Crippen LogP contribution is 2.28. The largest absolute Gasteiger partial charge is 0.573 e. The van der Waals surface area contributed by atoms with Crippen molar-refractivity contribution in [3.63, 3.8) is 0 Å². The van der Waals surface area contributed by atoms with Gasteiger partial charge in [0.1, 0.15) is 5.75 Å². The smallest absolute Gasteiger partial charge is 0.406 e. The number of hydrogen-bond acceptors (Lipinski definition) is 3. The van der Waals surface area contributed by atoms with E-state index in [2.05, 4.69) is 38.9 Å². The van der Waals surface area contributed by atoms with Gasteiger partial charge in [0.2, 0.25) is 0 Å². The third kappa shape index (κ3) is 6.05. The van der Waals surface area contributed by atoms with Crippen molar-refractivity contribution in [2.24, 2.45) is 4.99 Å². The van der Waals surface area contributed by atoms with Gasteiger partial charge in [0, 0.05) is 11.1 Å². The number of hydrogen-bond donors (Lipinski definition) is 0. The summed E-state index contributed by atoms with van der Waals surface area (Å²) in [5.41, 5.74) is 6.26. The number of nitrogens with zero attached hydrogens (tertiary/aromatic N) is 1. The molecule has 31 heavy (non-hydrogen) atoms. The molecule has 0 spiro atoms. The van der Waals surface area contributed by atoms with Crippen molar-refractivity contribution in [1.29, 1.82) is 0 Å². The second-order valence-corrected chi connectivity index (χ2v) is 6.93. The highest BCUT2D eigenvalue weighted by atomic mass is 32.1. The summed E-state index contributed by atoms with van der Waals surface area (Å²) >= 11 is 4.65. The van der Waals surface area contributed by atoms with Crippen molar-refractivity contribution in [2.45, 2.75) is 26.6 Å². The first-order chi connectivity index (χ1) is 14.8. The topological polar surface area (TPSA) is 21.6 Å². The lowest BCUT2D eigenvalue weighted by Gasteiger charge is -2.10. The quantitative estimate of drug-likeness (QED) is 0.243. The van der Waals surface area contributed by atoms with Gasteiger partial charge in [-0.1, -0.05) is 37.0 Å². The summed E-state index contributed by atoms with van der Waals surface area (Å²) in [6.07, 6.45) is -3.93. The van der Waals surface area contributed by atoms with Crippen LogP contribution in [0.15, 0.2) is 65.7 Å². The first-order valence-electron chi connectivity index (χ1n) is 9.48. The predicted molar refractivity (Wildman–Crippen MR) is 120 cm³/mol. The van der Waals surface area contributed by atoms with E-state index in [0.29, 0.717) is 0 Å². The summed E-state index contributed by atoms with van der Waals surface area (Å²) in [6.45, 7) is 3.97. The van der Waals surface area contributed by atoms with Crippen LogP contribution in [0.4, 0.5) is 18.9 Å². The van der Waals surface area contributed by atoms with Gasteiger partial charge in [0.05, 0.1) is 10.8 Å². The first kappa shape index (κ1) is 22.3. The van der Waals surface area contributed by atoms with Crippen LogP contribution in [0, 0.1) is 18.8 Å². The molecule has 3 aromatic carbocycles. The van der Waals surface area contributed by atoms with E-state index >= 15 is 0 Å². The van der Waals surface area contributed by atoms with Crippen molar-refractivity contribution >= 4 is 23.1 Å². The molecule has 0 aliphatic rings. The van der Waals surface area contributed by atoms with Crippen LogP contribution in [0.3, 0.4) is 0 Å². The Morgan fingerprint density at radius 2 is 1.65 bits per heavy atom. The van der Waals surface area contributed by atoms with E-state index < -0.39 is 6.36 Å². The Labute approximate surface area is 184 Å². The maximum atomic E-state index is 12.3. The fourth-order valence-corrected chi connectivity index (χ4v) is 3.18. The zero-order chi connectivity index (χ0) is 22.4. The summed E-state index contributed by atoms with van der Waals surface area (Å²) in [6, 6.07) is 17.4. The number of alkyl halides is 3. The van der Waals surface area contributed by atoms with Gasteiger partial charge in [0.25, 0.3) is 0 Å². The molecular formula is C25H18F3NOS. The van der Waals surface area contributed by atoms with Crippen LogP contribution in [-0.2, 0) is 6.42 Å². The standard InChI is InChI=1S/C25H18F3NOS/c1-3-19-15-22(21-9-11-23(12-10-21)30-25(26,27)28)8-7-20(19)6-4-18-5-13-24(29-16-31)17(2)14-18/h5,7-15H,3H2,1-2H3. The fourth-order valence-electron chi connectivity index (χ4n) is 3.08. The van der Waals surface area contributed by atoms with E-state index in [1.165, 1.54) is 12.1 Å². The SMILES string of the molecule is CCc1cc(-c2ccc(OC(F)(F)F)cc2)ccc1C#Cc1ccc(N=C=S)c(C)c1. The molecular weight excluding hydrogens is 419 g/mol. The molecule has 3 rings (SSSR count). The average Bonchev–Trinajstić information content (AvgIpc) is 2.73. The number of rotatable bonds is 4. The van der Waals surface area contributed by atoms with Gasteiger partial charge in [-0.05, 0) is 90.3 Å². The molecule has 0 saturated carbocycles. The molecule has 0 aromatic heterocycles. The number of aryl methyl sites for hydroxylation is 2. The molecule has 0 amide bonds. The first-order valence-corrected chi connectivity index (χ1v) is 9.89. The van der Waals surface area contributed by atoms with Crippen LogP contribution in [0.1, 0.15) is 29.2 Å². The summed E-state index contributed by atoms with van der Waals surface area (Å²) in [5, 5.41) is 2.36. The Morgan fingerprint density at radius 3 is 2.26 bits per heavy atom. The van der Waals surface area contributed by atoms with Gasteiger partial charge in [0.15, 0.2) is 0 Å². The Balaban J connectivity index is 1.85. The van der Waals surface area contributed by atoms with Crippen molar-refractivity contribution in [2.75, 3.05) is 0 Å². The van der Waals surface area contributed by atoms with Crippen LogP contribution in [-0.4, -0.2) is 11.5 Å². The molecule has 0 atom stereocenters. The van der Waals surface area contributed by atoms with Crippen LogP contribution in [0.5, 0.6) is 5.75 Å². The lowest BCUT2D eigenvalue weighted by Crippen LogP contribution is -2.16. The molecule has 0 aliphatic carbocycles. The van der Waals surface area contributed by atoms with E-state index in [4.69, 9.17) is 0 Å². The molecule has 2 nitrogen and oxygen atoms in total. The molecule has 6 heteroatoms. The highest BCUT2D eigenvalue weighted by Gasteiger charge is 2.30. The molecule has 0 fully saturated rings. The Hall–Kier alpha value is -3.39. The van der Waals surface area contributed by atoms with E-state index in [1.54, 1.807) is 12.1 Å². The monoisotopic (exact) mass is 437 g/mol. The normalized spacial score (nSPS) is 10.6. The van der Waals surface area contributed by atoms with Gasteiger partial charge >= 0.3 is 6.36 Å². The van der Waals surface area contributed by atoms with Gasteiger partial charge in [-0.15, -0.1) is 13.2 Å². The van der Waals surface area contributed by atoms with Crippen LogP contribution < -0.4 is 4.74 Å². The van der Waals surface area contributed by atoms with E-state index in [9.17, 15) is 13.2 Å². The van der Waals surface area contributed by atoms with Gasteiger partial charge in [-0.2, -0.15) is 4.99 Å². The lowest BCUT2D eigenvalue weighted by atomic mass is 9.97. The van der Waals surface area contributed by atoms with E-state index in [-0.39, 0.29) is 5.75 Å². The molecule has 0 aliphatic heterocycles. The number of halogens is 3. The van der Waals surface area contributed by atoms with Gasteiger partial charge < -0.3 is 4.74 Å². The van der Waals surface area contributed by atoms with Crippen LogP contribution in [0.2, 0.25) is 0 Å². The van der Waals surface area contributed by atoms with Crippen molar-refractivity contribution < 1.29 is 17.9 Å². The summed E-state index contributed by atoms with van der Waals surface area (Å²) < 4.78 is 40.9. The molecule has 156 valence electrons. The number of benzene rings is 3. The summed E-state index contributed by atoms with van der Waals surface area (Å²) in [5.74, 6) is 6.14. The van der Waals surface area contributed by atoms with Crippen LogP contribution in [0.25, 0.3) is 11.1 Å². The average molecular weight is 437 g/mol. The fraction of sp³-hybridized carbons (Fsp3) is 0.160. The number of ether oxygens (including phenoxy) is 1. The predicted octanol–water partition coefficient (Wildman–Crippen LogP) is 7.26. The van der Waals surface area contributed by atoms with Crippen LogP contribution >= 0.6 is 12.2 Å². The molecule has 3 aromatic rings. The van der Waals surface area contributed by atoms with Gasteiger partial charge in [-0.3, -0.25) is 0 Å². The zero-order valence-corrected chi connectivity index (χ0v) is 17.7. The molecule has 0 heterocycles. The summed E-state index contributed by atoms with van der Waals surface area (Å²) in [4.78, 5) is 4.01. The molecule has 0 saturated heterocycles. The highest BCUT2D eigenvalue weighted by molar-refractivity contribution is 7.78. The molecule has 0 N–H and O–H groups in total. The Kier molecular flexibility index (Phi) is 6.91. The zero-order valence-electron chi connectivity index (χ0n) is 16.9. The number of aliphatic imine (C=N–C) groups is 1. The van der Waals surface area contributed by atoms with E-state index in [1.807, 2.05) is 50.2 Å². The van der Waals surface area contributed by atoms with Crippen molar-refractivity contribution in [1.82, 2.24) is 0 Å². The van der Waals surface area contributed by atoms with Crippen molar-refractivity contribution in [3.8, 4) is 28.7 Å². The summed E-state index contributed by atoms with van der Waals surface area (Å²) in [7, 11) is 0. The van der Waals surface area contributed by atoms with E-state index in [0.717, 1.165) is 45.5 Å². The molecule has 0 radical (unpaired) electrons. The third-order valence-electron chi connectivity index (χ3n) is 4.61. The second-order valence-electron chi connectivity index (χ2n) is 6.75. The molecule has 0 unspecified atom stereocenters. The minimum atomic E-state index is -4.70. The minimum Gasteiger partial charge on any atom is -0.406 e. The minimum absolute atomic E-state index is 0.243. The Morgan fingerprint density at radius 1 is 0.935 bits per heavy atom. The maximum absolute atomic E-state index is 12.3. The Bertz CT molecular complexity index is 1200. The maximum Gasteiger partial charge on any atom is 0.573 e. The second kappa shape index (κ2) is 9.61. The van der Waals surface area contributed by atoms with Gasteiger partial charge in [-0.25, -0.2) is 0 Å². The third-order valence-corrected chi connectivity index (χ3v) is 4.70. The molecule has 0 bridgehead atoms. The number of thiocarbonyl (C=S) groups is 1. The lowest BCUT2D eigenvalue weighted by molar-refractivity contribution is -0.274. The number of isothiocyanates is 1. The van der Waals surface area contributed by atoms with Crippen molar-refractivity contribution in [3.05, 3.63) is 82.9 Å².